The van der Waals surface area contributed by atoms with Gasteiger partial charge >= 0.3 is 18.2 Å². The third-order valence-electron chi connectivity index (χ3n) is 3.93. The van der Waals surface area contributed by atoms with Gasteiger partial charge in [-0.25, -0.2) is 4.79 Å². The topological polar surface area (TPSA) is 49.9 Å². The zero-order chi connectivity index (χ0) is 17.4. The van der Waals surface area contributed by atoms with Gasteiger partial charge in [-0.2, -0.15) is 13.2 Å². The molecule has 2 amide bonds. The minimum atomic E-state index is -4.84. The van der Waals surface area contributed by atoms with Crippen molar-refractivity contribution in [2.75, 3.05) is 13.1 Å². The van der Waals surface area contributed by atoms with Crippen molar-refractivity contribution in [3.63, 3.8) is 0 Å². The summed E-state index contributed by atoms with van der Waals surface area (Å²) in [6, 6.07) is -0.0608. The summed E-state index contributed by atoms with van der Waals surface area (Å²) >= 11 is 0. The van der Waals surface area contributed by atoms with Crippen molar-refractivity contribution in [3.05, 3.63) is 0 Å². The summed E-state index contributed by atoms with van der Waals surface area (Å²) in [5.74, 6) is -1.80. The molecule has 1 aliphatic carbocycles. The number of alkyl halides is 3. The summed E-state index contributed by atoms with van der Waals surface area (Å²) in [6.45, 7) is 5.35. The second-order valence-corrected chi connectivity index (χ2v) is 7.14. The summed E-state index contributed by atoms with van der Waals surface area (Å²) in [5.41, 5.74) is -0.614. The van der Waals surface area contributed by atoms with Crippen molar-refractivity contribution < 1.29 is 27.5 Å². The molecule has 132 valence electrons. The summed E-state index contributed by atoms with van der Waals surface area (Å²) in [6.07, 6.45) is -2.79. The lowest BCUT2D eigenvalue weighted by Gasteiger charge is -2.39. The van der Waals surface area contributed by atoms with Gasteiger partial charge in [0.15, 0.2) is 0 Å². The molecule has 2 aliphatic rings. The smallest absolute Gasteiger partial charge is 0.444 e. The van der Waals surface area contributed by atoms with Gasteiger partial charge < -0.3 is 14.5 Å². The third kappa shape index (κ3) is 4.75. The molecule has 0 N–H and O–H groups in total. The van der Waals surface area contributed by atoms with E-state index in [9.17, 15) is 22.8 Å². The number of likely N-dealkylation sites (tertiary alicyclic amines) is 1. The average Bonchev–Trinajstić information content (AvgIpc) is 3.20. The maximum atomic E-state index is 12.5. The van der Waals surface area contributed by atoms with Crippen LogP contribution in [-0.4, -0.2) is 58.8 Å². The number of piperidine rings is 1. The van der Waals surface area contributed by atoms with E-state index in [2.05, 4.69) is 0 Å². The molecule has 23 heavy (non-hydrogen) atoms. The minimum absolute atomic E-state index is 0.00896. The highest BCUT2D eigenvalue weighted by atomic mass is 19.4. The van der Waals surface area contributed by atoms with Gasteiger partial charge in [-0.1, -0.05) is 0 Å². The summed E-state index contributed by atoms with van der Waals surface area (Å²) in [5, 5.41) is 0. The number of rotatable bonds is 2. The Balaban J connectivity index is 1.96. The fourth-order valence-electron chi connectivity index (χ4n) is 2.79. The van der Waals surface area contributed by atoms with E-state index in [4.69, 9.17) is 4.74 Å². The molecule has 0 unspecified atom stereocenters. The Hall–Kier alpha value is -1.47. The zero-order valence-electron chi connectivity index (χ0n) is 13.7. The standard InChI is InChI=1S/C15H23F3N2O3/c1-14(2,3)23-13(22)20(10-4-5-10)11-6-8-19(9-7-11)12(21)15(16,17)18/h10-11H,4-9H2,1-3H3. The maximum Gasteiger partial charge on any atom is 0.471 e. The highest BCUT2D eigenvalue weighted by Crippen LogP contribution is 2.33. The molecular weight excluding hydrogens is 313 g/mol. The van der Waals surface area contributed by atoms with Gasteiger partial charge in [-0.05, 0) is 46.5 Å². The van der Waals surface area contributed by atoms with Crippen molar-refractivity contribution in [3.8, 4) is 0 Å². The van der Waals surface area contributed by atoms with Crippen molar-refractivity contribution in [2.45, 2.75) is 70.3 Å². The van der Waals surface area contributed by atoms with Gasteiger partial charge in [-0.15, -0.1) is 0 Å². The van der Waals surface area contributed by atoms with E-state index in [1.54, 1.807) is 25.7 Å². The Morgan fingerprint density at radius 3 is 1.87 bits per heavy atom. The van der Waals surface area contributed by atoms with Gasteiger partial charge in [0.2, 0.25) is 0 Å². The van der Waals surface area contributed by atoms with Gasteiger partial charge in [0.25, 0.3) is 0 Å². The number of nitrogens with zero attached hydrogens (tertiary/aromatic N) is 2. The molecule has 2 fully saturated rings. The lowest BCUT2D eigenvalue weighted by Crippen LogP contribution is -2.52. The fraction of sp³-hybridized carbons (Fsp3) is 0.867. The summed E-state index contributed by atoms with van der Waals surface area (Å²) < 4.78 is 42.8. The lowest BCUT2D eigenvalue weighted by molar-refractivity contribution is -0.186. The maximum absolute atomic E-state index is 12.5. The molecule has 1 aliphatic heterocycles. The summed E-state index contributed by atoms with van der Waals surface area (Å²) in [4.78, 5) is 26.1. The van der Waals surface area contributed by atoms with Crippen molar-refractivity contribution in [1.29, 1.82) is 0 Å². The molecule has 0 aromatic rings. The zero-order valence-corrected chi connectivity index (χ0v) is 13.7. The number of carbonyl (C=O) groups is 2. The molecule has 2 rings (SSSR count). The first-order chi connectivity index (χ1) is 10.5. The van der Waals surface area contributed by atoms with Crippen LogP contribution in [0.3, 0.4) is 0 Å². The van der Waals surface area contributed by atoms with E-state index in [1.165, 1.54) is 0 Å². The van der Waals surface area contributed by atoms with Crippen molar-refractivity contribution in [2.24, 2.45) is 0 Å². The van der Waals surface area contributed by atoms with Gasteiger partial charge in [-0.3, -0.25) is 4.79 Å². The molecule has 5 nitrogen and oxygen atoms in total. The van der Waals surface area contributed by atoms with Gasteiger partial charge in [0.05, 0.1) is 0 Å². The highest BCUT2D eigenvalue weighted by molar-refractivity contribution is 5.82. The molecule has 0 bridgehead atoms. The largest absolute Gasteiger partial charge is 0.471 e. The van der Waals surface area contributed by atoms with Gasteiger partial charge in [0.1, 0.15) is 5.60 Å². The van der Waals surface area contributed by atoms with Crippen LogP contribution in [0.4, 0.5) is 18.0 Å². The Morgan fingerprint density at radius 2 is 1.48 bits per heavy atom. The lowest BCUT2D eigenvalue weighted by atomic mass is 10.0. The van der Waals surface area contributed by atoms with Crippen molar-refractivity contribution >= 4 is 12.0 Å². The predicted octanol–water partition coefficient (Wildman–Crippen LogP) is 2.94. The Morgan fingerprint density at radius 1 is 1.00 bits per heavy atom. The number of amides is 2. The molecule has 0 spiro atoms. The molecule has 0 atom stereocenters. The molecule has 0 aromatic heterocycles. The highest BCUT2D eigenvalue weighted by Gasteiger charge is 2.45. The number of carbonyl (C=O) groups excluding carboxylic acids is 2. The van der Waals surface area contributed by atoms with Crippen LogP contribution in [0.15, 0.2) is 0 Å². The average molecular weight is 336 g/mol. The molecule has 8 heteroatoms. The molecule has 0 radical (unpaired) electrons. The van der Waals surface area contributed by atoms with E-state index in [0.717, 1.165) is 17.7 Å². The monoisotopic (exact) mass is 336 g/mol. The number of halogens is 3. The van der Waals surface area contributed by atoms with E-state index in [-0.39, 0.29) is 25.2 Å². The van der Waals surface area contributed by atoms with Crippen LogP contribution in [0.2, 0.25) is 0 Å². The first-order valence-corrected chi connectivity index (χ1v) is 7.86. The first kappa shape index (κ1) is 17.9. The van der Waals surface area contributed by atoms with E-state index >= 15 is 0 Å². The van der Waals surface area contributed by atoms with E-state index in [0.29, 0.717) is 12.8 Å². The quantitative estimate of drug-likeness (QED) is 0.779. The SMILES string of the molecule is CC(C)(C)OC(=O)N(C1CC1)C1CCN(C(=O)C(F)(F)F)CC1. The molecule has 1 heterocycles. The van der Waals surface area contributed by atoms with Crippen LogP contribution in [0, 0.1) is 0 Å². The minimum Gasteiger partial charge on any atom is -0.444 e. The number of ether oxygens (including phenoxy) is 1. The molecule has 1 saturated carbocycles. The second-order valence-electron chi connectivity index (χ2n) is 7.14. The normalized spacial score (nSPS) is 20.3. The Bertz CT molecular complexity index is 462. The van der Waals surface area contributed by atoms with E-state index in [1.807, 2.05) is 0 Å². The molecule has 0 aromatic carbocycles. The summed E-state index contributed by atoms with van der Waals surface area (Å²) in [7, 11) is 0. The van der Waals surface area contributed by atoms with Crippen LogP contribution in [0.25, 0.3) is 0 Å². The van der Waals surface area contributed by atoms with Crippen LogP contribution in [0.1, 0.15) is 46.5 Å². The van der Waals surface area contributed by atoms with Crippen LogP contribution in [-0.2, 0) is 9.53 Å². The number of hydrogen-bond donors (Lipinski definition) is 0. The Labute approximate surface area is 133 Å². The number of hydrogen-bond acceptors (Lipinski definition) is 3. The van der Waals surface area contributed by atoms with E-state index < -0.39 is 23.8 Å². The van der Waals surface area contributed by atoms with Crippen LogP contribution >= 0.6 is 0 Å². The van der Waals surface area contributed by atoms with Crippen LogP contribution in [0.5, 0.6) is 0 Å². The predicted molar refractivity (Wildman–Crippen MR) is 76.8 cm³/mol. The molecular formula is C15H23F3N2O3. The van der Waals surface area contributed by atoms with Gasteiger partial charge in [0, 0.05) is 25.2 Å². The first-order valence-electron chi connectivity index (χ1n) is 7.86. The third-order valence-corrected chi connectivity index (χ3v) is 3.93. The van der Waals surface area contributed by atoms with Crippen LogP contribution < -0.4 is 0 Å². The fourth-order valence-corrected chi connectivity index (χ4v) is 2.79. The molecule has 1 saturated heterocycles. The second kappa shape index (κ2) is 6.20. The van der Waals surface area contributed by atoms with Crippen molar-refractivity contribution in [1.82, 2.24) is 9.80 Å². The Kier molecular flexibility index (Phi) is 4.82.